The van der Waals surface area contributed by atoms with Gasteiger partial charge in [-0.3, -0.25) is 9.69 Å². The highest BCUT2D eigenvalue weighted by molar-refractivity contribution is 6.44. The largest absolute Gasteiger partial charge is 0.322 e. The van der Waals surface area contributed by atoms with Gasteiger partial charge in [0.05, 0.1) is 15.6 Å². The van der Waals surface area contributed by atoms with Crippen LogP contribution in [0.3, 0.4) is 0 Å². The van der Waals surface area contributed by atoms with E-state index in [0.717, 1.165) is 12.2 Å². The number of likely N-dealkylation sites (tertiary alicyclic amines) is 1. The van der Waals surface area contributed by atoms with Gasteiger partial charge in [0.15, 0.2) is 0 Å². The van der Waals surface area contributed by atoms with E-state index in [9.17, 15) is 4.79 Å². The zero-order valence-electron chi connectivity index (χ0n) is 12.7. The fourth-order valence-electron chi connectivity index (χ4n) is 2.77. The van der Waals surface area contributed by atoms with Gasteiger partial charge in [-0.05, 0) is 55.8 Å². The Hall–Kier alpha value is -1.55. The van der Waals surface area contributed by atoms with Gasteiger partial charge < -0.3 is 5.32 Å². The minimum Gasteiger partial charge on any atom is -0.322 e. The van der Waals surface area contributed by atoms with Gasteiger partial charge in [0.2, 0.25) is 0 Å². The Morgan fingerprint density at radius 1 is 1.04 bits per heavy atom. The lowest BCUT2D eigenvalue weighted by molar-refractivity contribution is 0.102. The molecule has 1 saturated heterocycles. The van der Waals surface area contributed by atoms with E-state index in [1.165, 1.54) is 31.5 Å². The van der Waals surface area contributed by atoms with Crippen LogP contribution in [0.15, 0.2) is 42.5 Å². The standard InChI is InChI=1S/C18H18Cl2N2O/c19-16-5-3-4-15(17(16)20)18(23)21-14-8-6-13(7-9-14)12-22-10-1-2-11-22/h3-9H,1-2,10-12H2,(H,21,23). The van der Waals surface area contributed by atoms with Crippen LogP contribution in [0.2, 0.25) is 10.0 Å². The van der Waals surface area contributed by atoms with Gasteiger partial charge in [-0.1, -0.05) is 41.4 Å². The number of anilines is 1. The zero-order chi connectivity index (χ0) is 16.2. The first-order valence-electron chi connectivity index (χ1n) is 7.70. The molecule has 1 N–H and O–H groups in total. The molecule has 0 saturated carbocycles. The number of nitrogens with one attached hydrogen (secondary N) is 1. The number of carbonyl (C=O) groups is 1. The van der Waals surface area contributed by atoms with Crippen molar-refractivity contribution in [2.24, 2.45) is 0 Å². The highest BCUT2D eigenvalue weighted by atomic mass is 35.5. The summed E-state index contributed by atoms with van der Waals surface area (Å²) in [6.45, 7) is 3.31. The van der Waals surface area contributed by atoms with Gasteiger partial charge in [-0.15, -0.1) is 0 Å². The molecular weight excluding hydrogens is 331 g/mol. The Kier molecular flexibility index (Phi) is 5.21. The molecule has 5 heteroatoms. The molecule has 0 aromatic heterocycles. The molecule has 3 nitrogen and oxygen atoms in total. The second-order valence-electron chi connectivity index (χ2n) is 5.74. The maximum Gasteiger partial charge on any atom is 0.257 e. The van der Waals surface area contributed by atoms with Crippen LogP contribution in [0.5, 0.6) is 0 Å². The molecule has 0 spiro atoms. The summed E-state index contributed by atoms with van der Waals surface area (Å²) in [5.41, 5.74) is 2.38. The van der Waals surface area contributed by atoms with Crippen molar-refractivity contribution in [1.82, 2.24) is 4.90 Å². The lowest BCUT2D eigenvalue weighted by atomic mass is 10.1. The summed E-state index contributed by atoms with van der Waals surface area (Å²) in [6.07, 6.45) is 2.57. The van der Waals surface area contributed by atoms with Crippen LogP contribution in [0.4, 0.5) is 5.69 Å². The first-order valence-corrected chi connectivity index (χ1v) is 8.46. The lowest BCUT2D eigenvalue weighted by Gasteiger charge is -2.15. The fourth-order valence-corrected chi connectivity index (χ4v) is 3.16. The molecule has 0 radical (unpaired) electrons. The number of benzene rings is 2. The molecule has 0 aliphatic carbocycles. The van der Waals surface area contributed by atoms with Crippen molar-refractivity contribution in [1.29, 1.82) is 0 Å². The van der Waals surface area contributed by atoms with Crippen molar-refractivity contribution in [3.63, 3.8) is 0 Å². The molecule has 3 rings (SSSR count). The zero-order valence-corrected chi connectivity index (χ0v) is 14.2. The molecular formula is C18H18Cl2N2O. The lowest BCUT2D eigenvalue weighted by Crippen LogP contribution is -2.18. The highest BCUT2D eigenvalue weighted by Gasteiger charge is 2.14. The molecule has 1 fully saturated rings. The minimum absolute atomic E-state index is 0.259. The molecule has 120 valence electrons. The topological polar surface area (TPSA) is 32.3 Å². The second kappa shape index (κ2) is 7.35. The first-order chi connectivity index (χ1) is 11.1. The van der Waals surface area contributed by atoms with E-state index >= 15 is 0 Å². The Morgan fingerprint density at radius 2 is 1.74 bits per heavy atom. The van der Waals surface area contributed by atoms with Crippen molar-refractivity contribution >= 4 is 34.8 Å². The number of rotatable bonds is 4. The van der Waals surface area contributed by atoms with Crippen LogP contribution in [-0.4, -0.2) is 23.9 Å². The highest BCUT2D eigenvalue weighted by Crippen LogP contribution is 2.26. The molecule has 1 heterocycles. The smallest absolute Gasteiger partial charge is 0.257 e. The second-order valence-corrected chi connectivity index (χ2v) is 6.52. The van der Waals surface area contributed by atoms with Crippen LogP contribution in [0, 0.1) is 0 Å². The van der Waals surface area contributed by atoms with Crippen molar-refractivity contribution in [3.05, 3.63) is 63.6 Å². The summed E-state index contributed by atoms with van der Waals surface area (Å²) in [6, 6.07) is 13.0. The van der Waals surface area contributed by atoms with Crippen LogP contribution < -0.4 is 5.32 Å². The van der Waals surface area contributed by atoms with E-state index in [1.54, 1.807) is 18.2 Å². The summed E-state index contributed by atoms with van der Waals surface area (Å²) in [5, 5.41) is 3.50. The molecule has 0 atom stereocenters. The minimum atomic E-state index is -0.259. The quantitative estimate of drug-likeness (QED) is 0.857. The maximum atomic E-state index is 12.3. The Bertz CT molecular complexity index is 695. The number of hydrogen-bond acceptors (Lipinski definition) is 2. The van der Waals surface area contributed by atoms with Gasteiger partial charge in [-0.25, -0.2) is 0 Å². The first kappa shape index (κ1) is 16.3. The van der Waals surface area contributed by atoms with E-state index in [0.29, 0.717) is 10.6 Å². The van der Waals surface area contributed by atoms with Crippen LogP contribution in [0.1, 0.15) is 28.8 Å². The summed E-state index contributed by atoms with van der Waals surface area (Å²) >= 11 is 12.0. The van der Waals surface area contributed by atoms with E-state index in [1.807, 2.05) is 24.3 Å². The number of nitrogens with zero attached hydrogens (tertiary/aromatic N) is 1. The normalized spacial score (nSPS) is 14.9. The summed E-state index contributed by atoms with van der Waals surface area (Å²) < 4.78 is 0. The Morgan fingerprint density at radius 3 is 2.43 bits per heavy atom. The van der Waals surface area contributed by atoms with Gasteiger partial charge in [0.1, 0.15) is 0 Å². The molecule has 0 bridgehead atoms. The van der Waals surface area contributed by atoms with Gasteiger partial charge in [-0.2, -0.15) is 0 Å². The molecule has 1 amide bonds. The summed E-state index contributed by atoms with van der Waals surface area (Å²) in [7, 11) is 0. The Balaban J connectivity index is 1.65. The van der Waals surface area contributed by atoms with E-state index in [-0.39, 0.29) is 10.9 Å². The Labute approximate surface area is 146 Å². The summed E-state index contributed by atoms with van der Waals surface area (Å²) in [5.74, 6) is -0.259. The van der Waals surface area contributed by atoms with Gasteiger partial charge >= 0.3 is 0 Å². The van der Waals surface area contributed by atoms with Gasteiger partial charge in [0, 0.05) is 12.2 Å². The van der Waals surface area contributed by atoms with E-state index in [4.69, 9.17) is 23.2 Å². The van der Waals surface area contributed by atoms with Crippen LogP contribution >= 0.6 is 23.2 Å². The predicted molar refractivity (Wildman–Crippen MR) is 95.4 cm³/mol. The van der Waals surface area contributed by atoms with Crippen molar-refractivity contribution in [3.8, 4) is 0 Å². The third kappa shape index (κ3) is 4.05. The number of halogens is 2. The maximum absolute atomic E-state index is 12.3. The fraction of sp³-hybridized carbons (Fsp3) is 0.278. The van der Waals surface area contributed by atoms with E-state index in [2.05, 4.69) is 10.2 Å². The average Bonchev–Trinajstić information content (AvgIpc) is 3.05. The molecule has 2 aromatic rings. The molecule has 23 heavy (non-hydrogen) atoms. The van der Waals surface area contributed by atoms with Crippen molar-refractivity contribution < 1.29 is 4.79 Å². The summed E-state index contributed by atoms with van der Waals surface area (Å²) in [4.78, 5) is 14.7. The number of hydrogen-bond donors (Lipinski definition) is 1. The third-order valence-corrected chi connectivity index (χ3v) is 4.83. The molecule has 1 aliphatic rings. The monoisotopic (exact) mass is 348 g/mol. The molecule has 1 aliphatic heterocycles. The van der Waals surface area contributed by atoms with Crippen LogP contribution in [-0.2, 0) is 6.54 Å². The third-order valence-electron chi connectivity index (χ3n) is 4.01. The van der Waals surface area contributed by atoms with Crippen molar-refractivity contribution in [2.45, 2.75) is 19.4 Å². The van der Waals surface area contributed by atoms with Crippen molar-refractivity contribution in [2.75, 3.05) is 18.4 Å². The molecule has 2 aromatic carbocycles. The molecule has 0 unspecified atom stereocenters. The van der Waals surface area contributed by atoms with Crippen LogP contribution in [0.25, 0.3) is 0 Å². The predicted octanol–water partition coefficient (Wildman–Crippen LogP) is 4.84. The average molecular weight is 349 g/mol. The van der Waals surface area contributed by atoms with Gasteiger partial charge in [0.25, 0.3) is 5.91 Å². The van der Waals surface area contributed by atoms with E-state index < -0.39 is 0 Å². The SMILES string of the molecule is O=C(Nc1ccc(CN2CCCC2)cc1)c1cccc(Cl)c1Cl. The number of amides is 1. The number of carbonyl (C=O) groups excluding carboxylic acids is 1.